The third-order valence-corrected chi connectivity index (χ3v) is 2.31. The van der Waals surface area contributed by atoms with E-state index >= 15 is 0 Å². The molecule has 16 heavy (non-hydrogen) atoms. The maximum atomic E-state index is 13.3. The second-order valence-corrected chi connectivity index (χ2v) is 4.46. The van der Waals surface area contributed by atoms with Gasteiger partial charge in [0.25, 0.3) is 16.1 Å². The summed E-state index contributed by atoms with van der Waals surface area (Å²) in [4.78, 5) is 0. The van der Waals surface area contributed by atoms with Gasteiger partial charge < -0.3 is 0 Å². The van der Waals surface area contributed by atoms with Gasteiger partial charge in [-0.25, -0.2) is 9.53 Å². The number of halogens is 3. The van der Waals surface area contributed by atoms with Crippen LogP contribution in [0.5, 0.6) is 0 Å². The molecule has 0 heterocycles. The highest BCUT2D eigenvalue weighted by atomic mass is 32.2. The summed E-state index contributed by atoms with van der Waals surface area (Å²) in [6.45, 7) is -1.17. The summed E-state index contributed by atoms with van der Waals surface area (Å²) in [5.41, 5.74) is -0.495. The Kier molecular flexibility index (Phi) is 3.56. The minimum Gasteiger partial charge on any atom is -0.216 e. The van der Waals surface area contributed by atoms with Crippen LogP contribution < -0.4 is 9.86 Å². The molecule has 0 aliphatic rings. The largest absolute Gasteiger partial charge is 0.286 e. The molecule has 1 aromatic rings. The van der Waals surface area contributed by atoms with E-state index in [1.807, 2.05) is 0 Å². The summed E-state index contributed by atoms with van der Waals surface area (Å²) in [6.07, 6.45) is 0. The van der Waals surface area contributed by atoms with Gasteiger partial charge in [0, 0.05) is 5.56 Å². The normalized spacial score (nSPS) is 12.8. The van der Waals surface area contributed by atoms with Gasteiger partial charge in [-0.2, -0.15) is 21.9 Å². The van der Waals surface area contributed by atoms with Crippen molar-refractivity contribution in [3.8, 4) is 0 Å². The molecule has 8 heteroatoms. The van der Waals surface area contributed by atoms with Crippen molar-refractivity contribution in [1.29, 1.82) is 0 Å². The first-order valence-corrected chi connectivity index (χ1v) is 5.66. The molecule has 0 unspecified atom stereocenters. The van der Waals surface area contributed by atoms with Crippen LogP contribution in [0, 0.1) is 5.82 Å². The van der Waals surface area contributed by atoms with Gasteiger partial charge >= 0.3 is 0 Å². The van der Waals surface area contributed by atoms with Gasteiger partial charge in [0.2, 0.25) is 0 Å². The first-order chi connectivity index (χ1) is 7.21. The lowest BCUT2D eigenvalue weighted by Gasteiger charge is -2.16. The van der Waals surface area contributed by atoms with Crippen LogP contribution in [0.1, 0.15) is 5.56 Å². The fourth-order valence-electron chi connectivity index (χ4n) is 0.987. The Labute approximate surface area is 90.4 Å². The fourth-order valence-corrected chi connectivity index (χ4v) is 1.37. The van der Waals surface area contributed by atoms with Crippen LogP contribution >= 0.6 is 0 Å². The monoisotopic (exact) mass is 254 g/mol. The molecule has 0 aliphatic heterocycles. The van der Waals surface area contributed by atoms with Crippen LogP contribution in [0.2, 0.25) is 0 Å². The van der Waals surface area contributed by atoms with Crippen LogP contribution in [-0.2, 0) is 16.1 Å². The molecular formula is C8H9F3N2O2S. The van der Waals surface area contributed by atoms with E-state index in [0.717, 1.165) is 24.3 Å². The van der Waals surface area contributed by atoms with Crippen LogP contribution in [0.25, 0.3) is 0 Å². The predicted molar refractivity (Wildman–Crippen MR) is 51.4 cm³/mol. The van der Waals surface area contributed by atoms with Crippen molar-refractivity contribution in [2.45, 2.75) is 5.92 Å². The molecule has 1 rings (SSSR count). The van der Waals surface area contributed by atoms with Gasteiger partial charge in [0.1, 0.15) is 5.82 Å². The number of rotatable bonds is 4. The van der Waals surface area contributed by atoms with Crippen molar-refractivity contribution in [2.75, 3.05) is 6.54 Å². The minimum absolute atomic E-state index is 0.495. The summed E-state index contributed by atoms with van der Waals surface area (Å²) >= 11 is 0. The van der Waals surface area contributed by atoms with Crippen molar-refractivity contribution in [3.63, 3.8) is 0 Å². The molecule has 0 saturated heterocycles. The molecule has 0 aromatic heterocycles. The SMILES string of the molecule is NS(=O)(=O)NCC(F)(F)c1ccc(F)cc1. The van der Waals surface area contributed by atoms with Crippen molar-refractivity contribution in [1.82, 2.24) is 4.72 Å². The molecule has 0 saturated carbocycles. The van der Waals surface area contributed by atoms with E-state index in [4.69, 9.17) is 0 Å². The number of alkyl halides is 2. The van der Waals surface area contributed by atoms with Crippen molar-refractivity contribution in [3.05, 3.63) is 35.6 Å². The molecule has 0 spiro atoms. The van der Waals surface area contributed by atoms with E-state index in [9.17, 15) is 21.6 Å². The summed E-state index contributed by atoms with van der Waals surface area (Å²) in [5.74, 6) is -4.10. The number of hydrogen-bond acceptors (Lipinski definition) is 2. The molecule has 1 aromatic carbocycles. The van der Waals surface area contributed by atoms with E-state index in [0.29, 0.717) is 0 Å². The summed E-state index contributed by atoms with van der Waals surface area (Å²) < 4.78 is 61.5. The number of nitrogens with one attached hydrogen (secondary N) is 1. The van der Waals surface area contributed by atoms with Crippen molar-refractivity contribution >= 4 is 10.2 Å². The maximum Gasteiger partial charge on any atom is 0.286 e. The average Bonchev–Trinajstić information content (AvgIpc) is 2.15. The number of nitrogens with two attached hydrogens (primary N) is 1. The summed E-state index contributed by atoms with van der Waals surface area (Å²) in [7, 11) is -4.18. The zero-order valence-electron chi connectivity index (χ0n) is 7.95. The van der Waals surface area contributed by atoms with Gasteiger partial charge in [-0.15, -0.1) is 0 Å². The van der Waals surface area contributed by atoms with Gasteiger partial charge in [0.05, 0.1) is 6.54 Å². The molecule has 3 N–H and O–H groups in total. The molecular weight excluding hydrogens is 245 g/mol. The molecule has 0 fully saturated rings. The van der Waals surface area contributed by atoms with E-state index in [2.05, 4.69) is 5.14 Å². The van der Waals surface area contributed by atoms with Crippen LogP contribution in [0.4, 0.5) is 13.2 Å². The van der Waals surface area contributed by atoms with Crippen LogP contribution in [0.3, 0.4) is 0 Å². The Morgan fingerprint density at radius 1 is 1.25 bits per heavy atom. The van der Waals surface area contributed by atoms with Crippen LogP contribution in [-0.4, -0.2) is 15.0 Å². The third-order valence-electron chi connectivity index (χ3n) is 1.76. The predicted octanol–water partition coefficient (Wildman–Crippen LogP) is 0.711. The second-order valence-electron chi connectivity index (χ2n) is 3.08. The Morgan fingerprint density at radius 2 is 1.75 bits per heavy atom. The lowest BCUT2D eigenvalue weighted by Crippen LogP contribution is -2.38. The highest BCUT2D eigenvalue weighted by Crippen LogP contribution is 2.27. The van der Waals surface area contributed by atoms with Crippen molar-refractivity contribution < 1.29 is 21.6 Å². The lowest BCUT2D eigenvalue weighted by molar-refractivity contribution is 0.00203. The summed E-state index contributed by atoms with van der Waals surface area (Å²) in [5, 5.41) is 4.51. The molecule has 90 valence electrons. The molecule has 0 amide bonds. The smallest absolute Gasteiger partial charge is 0.216 e. The molecule has 0 aliphatic carbocycles. The van der Waals surface area contributed by atoms with Crippen LogP contribution in [0.15, 0.2) is 24.3 Å². The molecule has 0 bridgehead atoms. The highest BCUT2D eigenvalue weighted by molar-refractivity contribution is 7.87. The maximum absolute atomic E-state index is 13.3. The quantitative estimate of drug-likeness (QED) is 0.830. The first kappa shape index (κ1) is 12.9. The third kappa shape index (κ3) is 3.80. The lowest BCUT2D eigenvalue weighted by atomic mass is 10.1. The number of benzene rings is 1. The zero-order valence-corrected chi connectivity index (χ0v) is 8.77. The Hall–Kier alpha value is -1.12. The molecule has 4 nitrogen and oxygen atoms in total. The van der Waals surface area contributed by atoms with E-state index in [1.54, 1.807) is 0 Å². The van der Waals surface area contributed by atoms with E-state index in [-0.39, 0.29) is 0 Å². The number of hydrogen-bond donors (Lipinski definition) is 2. The highest BCUT2D eigenvalue weighted by Gasteiger charge is 2.32. The second kappa shape index (κ2) is 4.40. The first-order valence-electron chi connectivity index (χ1n) is 4.12. The average molecular weight is 254 g/mol. The molecule has 0 radical (unpaired) electrons. The van der Waals surface area contributed by atoms with Gasteiger partial charge in [-0.3, -0.25) is 0 Å². The van der Waals surface area contributed by atoms with Crippen molar-refractivity contribution in [2.24, 2.45) is 5.14 Å². The Balaban J connectivity index is 2.81. The topological polar surface area (TPSA) is 72.2 Å². The van der Waals surface area contributed by atoms with E-state index < -0.39 is 34.1 Å². The van der Waals surface area contributed by atoms with Gasteiger partial charge in [0.15, 0.2) is 0 Å². The fraction of sp³-hybridized carbons (Fsp3) is 0.250. The standard InChI is InChI=1S/C8H9F3N2O2S/c9-7-3-1-6(2-4-7)8(10,11)5-13-16(12,14)15/h1-4,13H,5H2,(H2,12,14,15). The van der Waals surface area contributed by atoms with Gasteiger partial charge in [-0.05, 0) is 12.1 Å². The zero-order chi connectivity index (χ0) is 12.4. The molecule has 0 atom stereocenters. The minimum atomic E-state index is -4.18. The Bertz CT molecular complexity index is 459. The van der Waals surface area contributed by atoms with Gasteiger partial charge in [-0.1, -0.05) is 12.1 Å². The Morgan fingerprint density at radius 3 is 2.19 bits per heavy atom. The summed E-state index contributed by atoms with van der Waals surface area (Å²) in [6, 6.07) is 3.47. The van der Waals surface area contributed by atoms with E-state index in [1.165, 1.54) is 4.72 Å².